The lowest BCUT2D eigenvalue weighted by Gasteiger charge is -2.02. The second-order valence-corrected chi connectivity index (χ2v) is 4.84. The maximum atomic E-state index is 8.76. The fourth-order valence-electron chi connectivity index (χ4n) is 1.57. The van der Waals surface area contributed by atoms with E-state index in [0.29, 0.717) is 0 Å². The molecule has 17 heavy (non-hydrogen) atoms. The van der Waals surface area contributed by atoms with Crippen LogP contribution in [0.3, 0.4) is 0 Å². The second kappa shape index (κ2) is 9.20. The van der Waals surface area contributed by atoms with Gasteiger partial charge in [-0.25, -0.2) is 0 Å². The van der Waals surface area contributed by atoms with Crippen LogP contribution in [0.25, 0.3) is 0 Å². The molecule has 0 radical (unpaired) electrons. The second-order valence-electron chi connectivity index (χ2n) is 4.84. The van der Waals surface area contributed by atoms with Crippen molar-refractivity contribution in [2.45, 2.75) is 59.7 Å². The van der Waals surface area contributed by atoms with Crippen LogP contribution in [0.5, 0.6) is 0 Å². The van der Waals surface area contributed by atoms with Crippen LogP contribution in [0.15, 0.2) is 34.9 Å². The SMILES string of the molecule is CC(C)=CCC/C(C)=C/CC/C(C)=C/C(O)O. The molecule has 98 valence electrons. The average Bonchev–Trinajstić information content (AvgIpc) is 2.15. The third-order valence-electron chi connectivity index (χ3n) is 2.56. The average molecular weight is 238 g/mol. The molecule has 0 heterocycles. The minimum atomic E-state index is -1.32. The van der Waals surface area contributed by atoms with Crippen LogP contribution in [-0.4, -0.2) is 16.5 Å². The van der Waals surface area contributed by atoms with Gasteiger partial charge in [-0.15, -0.1) is 0 Å². The van der Waals surface area contributed by atoms with Gasteiger partial charge >= 0.3 is 0 Å². The Bertz CT molecular complexity index is 292. The van der Waals surface area contributed by atoms with Crippen LogP contribution in [-0.2, 0) is 0 Å². The molecule has 2 heteroatoms. The third kappa shape index (κ3) is 11.4. The Morgan fingerprint density at radius 2 is 1.41 bits per heavy atom. The van der Waals surface area contributed by atoms with Crippen molar-refractivity contribution in [2.24, 2.45) is 0 Å². The molecule has 0 spiro atoms. The molecule has 0 rings (SSSR count). The first-order valence-corrected chi connectivity index (χ1v) is 6.24. The summed E-state index contributed by atoms with van der Waals surface area (Å²) in [6.45, 7) is 8.31. The molecule has 0 amide bonds. The van der Waals surface area contributed by atoms with Gasteiger partial charge in [-0.3, -0.25) is 0 Å². The molecular weight excluding hydrogens is 212 g/mol. The summed E-state index contributed by atoms with van der Waals surface area (Å²) >= 11 is 0. The number of aliphatic hydroxyl groups is 2. The molecule has 0 fully saturated rings. The van der Waals surface area contributed by atoms with Crippen molar-refractivity contribution < 1.29 is 10.2 Å². The van der Waals surface area contributed by atoms with Gasteiger partial charge in [0, 0.05) is 0 Å². The summed E-state index contributed by atoms with van der Waals surface area (Å²) in [6, 6.07) is 0. The summed E-state index contributed by atoms with van der Waals surface area (Å²) in [5.74, 6) is 0. The lowest BCUT2D eigenvalue weighted by atomic mass is 10.1. The summed E-state index contributed by atoms with van der Waals surface area (Å²) in [5.41, 5.74) is 3.79. The number of rotatable bonds is 7. The zero-order valence-corrected chi connectivity index (χ0v) is 11.5. The van der Waals surface area contributed by atoms with Gasteiger partial charge in [-0.1, -0.05) is 28.9 Å². The lowest BCUT2D eigenvalue weighted by molar-refractivity contribution is 0.00164. The highest BCUT2D eigenvalue weighted by molar-refractivity contribution is 5.05. The van der Waals surface area contributed by atoms with Crippen LogP contribution in [0.4, 0.5) is 0 Å². The highest BCUT2D eigenvalue weighted by Crippen LogP contribution is 2.11. The minimum Gasteiger partial charge on any atom is -0.365 e. The molecule has 2 N–H and O–H groups in total. The monoisotopic (exact) mass is 238 g/mol. The third-order valence-corrected chi connectivity index (χ3v) is 2.56. The van der Waals surface area contributed by atoms with E-state index in [1.54, 1.807) is 0 Å². The number of hydrogen-bond donors (Lipinski definition) is 2. The van der Waals surface area contributed by atoms with Crippen LogP contribution < -0.4 is 0 Å². The summed E-state index contributed by atoms with van der Waals surface area (Å²) in [5, 5.41) is 17.5. The molecule has 0 aromatic carbocycles. The maximum Gasteiger partial charge on any atom is 0.171 e. The summed E-state index contributed by atoms with van der Waals surface area (Å²) < 4.78 is 0. The number of allylic oxidation sites excluding steroid dienone is 5. The zero-order valence-electron chi connectivity index (χ0n) is 11.5. The van der Waals surface area contributed by atoms with Gasteiger partial charge in [0.1, 0.15) is 0 Å². The van der Waals surface area contributed by atoms with E-state index >= 15 is 0 Å². The Morgan fingerprint density at radius 1 is 0.882 bits per heavy atom. The van der Waals surface area contributed by atoms with Crippen LogP contribution >= 0.6 is 0 Å². The van der Waals surface area contributed by atoms with E-state index in [1.165, 1.54) is 17.2 Å². The highest BCUT2D eigenvalue weighted by Gasteiger charge is 1.94. The van der Waals surface area contributed by atoms with Gasteiger partial charge in [0.2, 0.25) is 0 Å². The molecule has 0 bridgehead atoms. The molecule has 0 aliphatic heterocycles. The van der Waals surface area contributed by atoms with Gasteiger partial charge in [0.15, 0.2) is 6.29 Å². The predicted molar refractivity (Wildman–Crippen MR) is 73.6 cm³/mol. The molecule has 0 unspecified atom stereocenters. The van der Waals surface area contributed by atoms with Crippen molar-refractivity contribution in [3.05, 3.63) is 34.9 Å². The molecule has 0 aromatic rings. The molecule has 2 nitrogen and oxygen atoms in total. The van der Waals surface area contributed by atoms with Gasteiger partial charge in [-0.05, 0) is 59.5 Å². The van der Waals surface area contributed by atoms with Crippen molar-refractivity contribution in [2.75, 3.05) is 0 Å². The standard InChI is InChI=1S/C15H26O2/c1-12(2)7-5-8-13(3)9-6-10-14(4)11-15(16)17/h7,9,11,15-17H,5-6,8,10H2,1-4H3/b13-9+,14-11+. The first kappa shape index (κ1) is 16.1. The molecule has 0 aromatic heterocycles. The van der Waals surface area contributed by atoms with Crippen molar-refractivity contribution in [3.63, 3.8) is 0 Å². The zero-order chi connectivity index (χ0) is 13.3. The van der Waals surface area contributed by atoms with Crippen molar-refractivity contribution >= 4 is 0 Å². The van der Waals surface area contributed by atoms with Crippen molar-refractivity contribution in [1.29, 1.82) is 0 Å². The molecular formula is C15H26O2. The first-order chi connectivity index (χ1) is 7.91. The van der Waals surface area contributed by atoms with E-state index < -0.39 is 6.29 Å². The normalized spacial score (nSPS) is 13.1. The van der Waals surface area contributed by atoms with E-state index in [0.717, 1.165) is 31.3 Å². The van der Waals surface area contributed by atoms with Gasteiger partial charge in [0.25, 0.3) is 0 Å². The van der Waals surface area contributed by atoms with Crippen LogP contribution in [0, 0.1) is 0 Å². The Kier molecular flexibility index (Phi) is 8.73. The molecule has 0 atom stereocenters. The van der Waals surface area contributed by atoms with E-state index in [9.17, 15) is 0 Å². The largest absolute Gasteiger partial charge is 0.365 e. The van der Waals surface area contributed by atoms with Crippen molar-refractivity contribution in [3.8, 4) is 0 Å². The van der Waals surface area contributed by atoms with Gasteiger partial charge < -0.3 is 10.2 Å². The Morgan fingerprint density at radius 3 is 1.94 bits per heavy atom. The summed E-state index contributed by atoms with van der Waals surface area (Å²) in [7, 11) is 0. The van der Waals surface area contributed by atoms with Gasteiger partial charge in [-0.2, -0.15) is 0 Å². The molecule has 0 saturated carbocycles. The molecule has 0 aliphatic rings. The van der Waals surface area contributed by atoms with Crippen molar-refractivity contribution in [1.82, 2.24) is 0 Å². The smallest absolute Gasteiger partial charge is 0.171 e. The van der Waals surface area contributed by atoms with Crippen LogP contribution in [0.2, 0.25) is 0 Å². The number of hydrogen-bond acceptors (Lipinski definition) is 2. The molecule has 0 saturated heterocycles. The maximum absolute atomic E-state index is 8.76. The Balaban J connectivity index is 3.88. The van der Waals surface area contributed by atoms with Gasteiger partial charge in [0.05, 0.1) is 0 Å². The summed E-state index contributed by atoms with van der Waals surface area (Å²) in [4.78, 5) is 0. The molecule has 0 aliphatic carbocycles. The van der Waals surface area contributed by atoms with E-state index in [1.807, 2.05) is 6.92 Å². The van der Waals surface area contributed by atoms with E-state index in [2.05, 4.69) is 32.9 Å². The quantitative estimate of drug-likeness (QED) is 0.524. The fraction of sp³-hybridized carbons (Fsp3) is 0.600. The highest BCUT2D eigenvalue weighted by atomic mass is 16.5. The van der Waals surface area contributed by atoms with E-state index in [-0.39, 0.29) is 0 Å². The number of aliphatic hydroxyl groups excluding tert-OH is 1. The van der Waals surface area contributed by atoms with Crippen LogP contribution in [0.1, 0.15) is 53.4 Å². The Hall–Kier alpha value is -0.860. The van der Waals surface area contributed by atoms with E-state index in [4.69, 9.17) is 10.2 Å². The topological polar surface area (TPSA) is 40.5 Å². The lowest BCUT2D eigenvalue weighted by Crippen LogP contribution is -1.99. The predicted octanol–water partition coefficient (Wildman–Crippen LogP) is 3.72. The Labute approximate surface area is 105 Å². The minimum absolute atomic E-state index is 0.887. The fourth-order valence-corrected chi connectivity index (χ4v) is 1.57. The first-order valence-electron chi connectivity index (χ1n) is 6.24. The summed E-state index contributed by atoms with van der Waals surface area (Å²) in [6.07, 6.45) is 8.72.